The highest BCUT2D eigenvalue weighted by Crippen LogP contribution is 2.17. The summed E-state index contributed by atoms with van der Waals surface area (Å²) >= 11 is 0. The van der Waals surface area contributed by atoms with Crippen LogP contribution in [0.5, 0.6) is 0 Å². The minimum Gasteiger partial charge on any atom is -0.317 e. The van der Waals surface area contributed by atoms with Gasteiger partial charge in [0.15, 0.2) is 5.78 Å². The molecule has 0 aromatic carbocycles. The standard InChI is InChI=1S/C13H18N4O/c1-2-3-4-5-13(18)12-10-17(16-15-12)11-6-8-14-9-7-11/h1,10-11,14H,3-9H2. The SMILES string of the molecule is C#CCCCC(=O)c1cn(C2CCNCC2)nn1. The molecule has 1 aliphatic rings. The smallest absolute Gasteiger partial charge is 0.184 e. The maximum atomic E-state index is 11.8. The number of Topliss-reactive ketones (excluding diaryl/α,β-unsaturated/α-hetero) is 1. The second-order valence-corrected chi connectivity index (χ2v) is 4.55. The van der Waals surface area contributed by atoms with Crippen molar-refractivity contribution in [2.75, 3.05) is 13.1 Å². The summed E-state index contributed by atoms with van der Waals surface area (Å²) < 4.78 is 1.83. The van der Waals surface area contributed by atoms with Crippen LogP contribution in [0.2, 0.25) is 0 Å². The summed E-state index contributed by atoms with van der Waals surface area (Å²) in [4.78, 5) is 11.8. The second-order valence-electron chi connectivity index (χ2n) is 4.55. The Balaban J connectivity index is 1.92. The Morgan fingerprint density at radius 3 is 3.06 bits per heavy atom. The lowest BCUT2D eigenvalue weighted by molar-refractivity contribution is 0.0975. The largest absolute Gasteiger partial charge is 0.317 e. The van der Waals surface area contributed by atoms with E-state index in [2.05, 4.69) is 21.5 Å². The molecule has 0 bridgehead atoms. The molecule has 0 spiro atoms. The van der Waals surface area contributed by atoms with Gasteiger partial charge in [0.1, 0.15) is 5.69 Å². The summed E-state index contributed by atoms with van der Waals surface area (Å²) in [6, 6.07) is 0.367. The Bertz CT molecular complexity index is 440. The van der Waals surface area contributed by atoms with Crippen LogP contribution in [0.3, 0.4) is 0 Å². The fourth-order valence-corrected chi connectivity index (χ4v) is 2.13. The van der Waals surface area contributed by atoms with Gasteiger partial charge in [0.05, 0.1) is 12.2 Å². The van der Waals surface area contributed by atoms with E-state index >= 15 is 0 Å². The first-order valence-electron chi connectivity index (χ1n) is 6.40. The lowest BCUT2D eigenvalue weighted by Gasteiger charge is -2.22. The topological polar surface area (TPSA) is 59.8 Å². The van der Waals surface area contributed by atoms with Crippen molar-refractivity contribution in [2.45, 2.75) is 38.1 Å². The van der Waals surface area contributed by atoms with Gasteiger partial charge >= 0.3 is 0 Å². The second kappa shape index (κ2) is 6.31. The molecule has 0 aliphatic carbocycles. The van der Waals surface area contributed by atoms with E-state index in [1.54, 1.807) is 6.20 Å². The number of nitrogens with zero attached hydrogens (tertiary/aromatic N) is 3. The Morgan fingerprint density at radius 2 is 2.33 bits per heavy atom. The Labute approximate surface area is 107 Å². The molecule has 1 aromatic heterocycles. The fraction of sp³-hybridized carbons (Fsp3) is 0.615. The van der Waals surface area contributed by atoms with Crippen molar-refractivity contribution >= 4 is 5.78 Å². The van der Waals surface area contributed by atoms with Crippen LogP contribution in [0.1, 0.15) is 48.6 Å². The van der Waals surface area contributed by atoms with Gasteiger partial charge in [-0.05, 0) is 32.4 Å². The van der Waals surface area contributed by atoms with Gasteiger partial charge < -0.3 is 5.32 Å². The minimum atomic E-state index is 0.0328. The zero-order chi connectivity index (χ0) is 12.8. The van der Waals surface area contributed by atoms with Crippen molar-refractivity contribution in [3.8, 4) is 12.3 Å². The molecule has 0 amide bonds. The van der Waals surface area contributed by atoms with Crippen LogP contribution in [0.15, 0.2) is 6.20 Å². The number of piperidine rings is 1. The van der Waals surface area contributed by atoms with Crippen LogP contribution in [-0.4, -0.2) is 33.9 Å². The van der Waals surface area contributed by atoms with Crippen molar-refractivity contribution in [3.05, 3.63) is 11.9 Å². The maximum Gasteiger partial charge on any atom is 0.184 e. The number of aromatic nitrogens is 3. The van der Waals surface area contributed by atoms with Crippen molar-refractivity contribution in [2.24, 2.45) is 0 Å². The van der Waals surface area contributed by atoms with Gasteiger partial charge in [-0.2, -0.15) is 0 Å². The fourth-order valence-electron chi connectivity index (χ4n) is 2.13. The molecule has 18 heavy (non-hydrogen) atoms. The Kier molecular flexibility index (Phi) is 4.48. The van der Waals surface area contributed by atoms with Crippen LogP contribution in [-0.2, 0) is 0 Å². The van der Waals surface area contributed by atoms with Crippen molar-refractivity contribution in [3.63, 3.8) is 0 Å². The quantitative estimate of drug-likeness (QED) is 0.481. The molecule has 1 aromatic rings. The number of ketones is 1. The van der Waals surface area contributed by atoms with Crippen LogP contribution in [0, 0.1) is 12.3 Å². The van der Waals surface area contributed by atoms with E-state index in [1.165, 1.54) is 0 Å². The summed E-state index contributed by atoms with van der Waals surface area (Å²) in [5.41, 5.74) is 0.463. The normalized spacial score (nSPS) is 16.4. The van der Waals surface area contributed by atoms with E-state index in [-0.39, 0.29) is 5.78 Å². The molecule has 0 unspecified atom stereocenters. The lowest BCUT2D eigenvalue weighted by Crippen LogP contribution is -2.29. The average Bonchev–Trinajstić information content (AvgIpc) is 2.89. The highest BCUT2D eigenvalue weighted by atomic mass is 16.1. The first-order chi connectivity index (χ1) is 8.81. The molecular formula is C13H18N4O. The number of hydrogen-bond acceptors (Lipinski definition) is 4. The summed E-state index contributed by atoms with van der Waals surface area (Å²) in [6.45, 7) is 1.99. The molecule has 96 valence electrons. The zero-order valence-corrected chi connectivity index (χ0v) is 10.4. The van der Waals surface area contributed by atoms with Crippen molar-refractivity contribution < 1.29 is 4.79 Å². The third kappa shape index (κ3) is 3.17. The molecule has 0 radical (unpaired) electrons. The molecule has 0 atom stereocenters. The predicted molar refractivity (Wildman–Crippen MR) is 68.2 cm³/mol. The summed E-state index contributed by atoms with van der Waals surface area (Å²) in [6.07, 6.45) is 10.8. The average molecular weight is 246 g/mol. The molecule has 1 aliphatic heterocycles. The highest BCUT2D eigenvalue weighted by Gasteiger charge is 2.18. The third-order valence-electron chi connectivity index (χ3n) is 3.20. The number of hydrogen-bond donors (Lipinski definition) is 1. The van der Waals surface area contributed by atoms with Crippen molar-refractivity contribution in [1.82, 2.24) is 20.3 Å². The maximum absolute atomic E-state index is 11.8. The zero-order valence-electron chi connectivity index (χ0n) is 10.4. The number of nitrogens with one attached hydrogen (secondary N) is 1. The lowest BCUT2D eigenvalue weighted by atomic mass is 10.1. The van der Waals surface area contributed by atoms with E-state index in [9.17, 15) is 4.79 Å². The Morgan fingerprint density at radius 1 is 1.56 bits per heavy atom. The van der Waals surface area contributed by atoms with Crippen LogP contribution >= 0.6 is 0 Å². The molecular weight excluding hydrogens is 228 g/mol. The van der Waals surface area contributed by atoms with Gasteiger partial charge in [-0.1, -0.05) is 5.21 Å². The number of carbonyl (C=O) groups excluding carboxylic acids is 1. The monoisotopic (exact) mass is 246 g/mol. The van der Waals surface area contributed by atoms with Crippen molar-refractivity contribution in [1.29, 1.82) is 0 Å². The van der Waals surface area contributed by atoms with Gasteiger partial charge in [-0.15, -0.1) is 17.4 Å². The first kappa shape index (κ1) is 12.8. The molecule has 5 nitrogen and oxygen atoms in total. The van der Waals surface area contributed by atoms with Gasteiger partial charge in [-0.25, -0.2) is 4.68 Å². The first-order valence-corrected chi connectivity index (χ1v) is 6.40. The molecule has 1 saturated heterocycles. The molecule has 1 fully saturated rings. The molecule has 2 heterocycles. The number of terminal acetylenes is 1. The minimum absolute atomic E-state index is 0.0328. The van der Waals surface area contributed by atoms with Gasteiger partial charge in [0, 0.05) is 12.8 Å². The predicted octanol–water partition coefficient (Wildman–Crippen LogP) is 1.19. The highest BCUT2D eigenvalue weighted by molar-refractivity contribution is 5.93. The summed E-state index contributed by atoms with van der Waals surface area (Å²) in [5, 5.41) is 11.3. The third-order valence-corrected chi connectivity index (χ3v) is 3.20. The van der Waals surface area contributed by atoms with Gasteiger partial charge in [0.25, 0.3) is 0 Å². The van der Waals surface area contributed by atoms with Crippen LogP contribution in [0.25, 0.3) is 0 Å². The molecule has 1 N–H and O–H groups in total. The number of unbranched alkanes of at least 4 members (excludes halogenated alkanes) is 1. The van der Waals surface area contributed by atoms with Gasteiger partial charge in [-0.3, -0.25) is 4.79 Å². The van der Waals surface area contributed by atoms with E-state index in [1.807, 2.05) is 4.68 Å². The van der Waals surface area contributed by atoms with Crippen LogP contribution in [0.4, 0.5) is 0 Å². The molecule has 5 heteroatoms. The van der Waals surface area contributed by atoms with Gasteiger partial charge in [0.2, 0.25) is 0 Å². The van der Waals surface area contributed by atoms with E-state index in [0.717, 1.165) is 32.4 Å². The van der Waals surface area contributed by atoms with E-state index in [4.69, 9.17) is 6.42 Å². The number of rotatable bonds is 5. The molecule has 2 rings (SSSR count). The van der Waals surface area contributed by atoms with E-state index < -0.39 is 0 Å². The Hall–Kier alpha value is -1.67. The number of carbonyl (C=O) groups is 1. The summed E-state index contributed by atoms with van der Waals surface area (Å²) in [5.74, 6) is 2.56. The van der Waals surface area contributed by atoms with E-state index in [0.29, 0.717) is 24.6 Å². The van der Waals surface area contributed by atoms with Crippen LogP contribution < -0.4 is 5.32 Å². The molecule has 0 saturated carbocycles. The summed E-state index contributed by atoms with van der Waals surface area (Å²) in [7, 11) is 0.